The lowest BCUT2D eigenvalue weighted by Crippen LogP contribution is -2.37. The first-order chi connectivity index (χ1) is 14.1. The molecule has 2 aromatic rings. The van der Waals surface area contributed by atoms with Crippen LogP contribution in [-0.4, -0.2) is 65.0 Å². The number of likely N-dealkylation sites (N-methyl/N-ethyl adjacent to an activating group) is 1. The van der Waals surface area contributed by atoms with E-state index in [0.29, 0.717) is 29.1 Å². The second-order valence-corrected chi connectivity index (χ2v) is 9.71. The van der Waals surface area contributed by atoms with Crippen LogP contribution in [0, 0.1) is 11.8 Å². The third-order valence-electron chi connectivity index (χ3n) is 5.36. The summed E-state index contributed by atoms with van der Waals surface area (Å²) in [5, 5.41) is 14.7. The average molecular weight is 428 g/mol. The van der Waals surface area contributed by atoms with Crippen molar-refractivity contribution >= 4 is 21.7 Å². The molecule has 0 saturated carbocycles. The number of fused-ring (bicyclic) bond motifs is 1. The van der Waals surface area contributed by atoms with Gasteiger partial charge in [0, 0.05) is 31.1 Å². The van der Waals surface area contributed by atoms with Crippen LogP contribution in [0.1, 0.15) is 33.7 Å². The molecule has 0 bridgehead atoms. The minimum absolute atomic E-state index is 0.0570. The van der Waals surface area contributed by atoms with Gasteiger partial charge in [0.1, 0.15) is 0 Å². The normalized spacial score (nSPS) is 22.3. The van der Waals surface area contributed by atoms with Gasteiger partial charge in [-0.05, 0) is 24.6 Å². The summed E-state index contributed by atoms with van der Waals surface area (Å²) in [6.45, 7) is 0.424. The Labute approximate surface area is 173 Å². The van der Waals surface area contributed by atoms with Gasteiger partial charge in [-0.1, -0.05) is 17.9 Å². The number of likely N-dealkylation sites (tertiary alicyclic amines) is 1. The Morgan fingerprint density at radius 2 is 2.13 bits per heavy atom. The van der Waals surface area contributed by atoms with Crippen molar-refractivity contribution in [2.75, 3.05) is 19.3 Å². The monoisotopic (exact) mass is 428 g/mol. The number of primary amides is 1. The third-order valence-corrected chi connectivity index (χ3v) is 6.90. The van der Waals surface area contributed by atoms with E-state index in [2.05, 4.69) is 16.9 Å². The Bertz CT molecular complexity index is 1240. The highest BCUT2D eigenvalue weighted by Gasteiger charge is 2.42. The van der Waals surface area contributed by atoms with Gasteiger partial charge in [-0.15, -0.1) is 0 Å². The fraction of sp³-hybridized carbons (Fsp3) is 0.350. The summed E-state index contributed by atoms with van der Waals surface area (Å²) in [5.41, 5.74) is 5.74. The number of rotatable bonds is 2. The highest BCUT2D eigenvalue weighted by molar-refractivity contribution is 7.90. The third kappa shape index (κ3) is 3.46. The van der Waals surface area contributed by atoms with Crippen LogP contribution in [0.25, 0.3) is 5.69 Å². The zero-order valence-corrected chi connectivity index (χ0v) is 17.1. The fourth-order valence-electron chi connectivity index (χ4n) is 3.71. The number of amides is 2. The molecule has 1 aromatic carbocycles. The van der Waals surface area contributed by atoms with Crippen molar-refractivity contribution in [3.05, 3.63) is 46.8 Å². The molecule has 2 aliphatic heterocycles. The summed E-state index contributed by atoms with van der Waals surface area (Å²) in [6, 6.07) is 6.75. The second-order valence-electron chi connectivity index (χ2n) is 7.53. The number of nitrogens with two attached hydrogens (primary N) is 1. The molecular formula is C20H20N4O5S. The number of benzene rings is 1. The van der Waals surface area contributed by atoms with Crippen molar-refractivity contribution < 1.29 is 23.1 Å². The van der Waals surface area contributed by atoms with E-state index in [0.717, 1.165) is 0 Å². The van der Waals surface area contributed by atoms with Crippen LogP contribution in [0.4, 0.5) is 0 Å². The molecule has 1 saturated heterocycles. The number of hydrogen-bond donors (Lipinski definition) is 2. The van der Waals surface area contributed by atoms with Crippen molar-refractivity contribution in [2.24, 2.45) is 5.73 Å². The van der Waals surface area contributed by atoms with Crippen molar-refractivity contribution in [2.45, 2.75) is 24.2 Å². The summed E-state index contributed by atoms with van der Waals surface area (Å²) in [7, 11) is -1.70. The molecule has 0 radical (unpaired) electrons. The lowest BCUT2D eigenvalue weighted by molar-refractivity contribution is -0.137. The molecule has 30 heavy (non-hydrogen) atoms. The van der Waals surface area contributed by atoms with E-state index in [9.17, 15) is 23.1 Å². The molecule has 1 atom stereocenters. The molecule has 3 heterocycles. The van der Waals surface area contributed by atoms with Crippen LogP contribution in [0.3, 0.4) is 0 Å². The van der Waals surface area contributed by atoms with Gasteiger partial charge in [0.25, 0.3) is 11.8 Å². The van der Waals surface area contributed by atoms with Gasteiger partial charge >= 0.3 is 0 Å². The molecule has 156 valence electrons. The van der Waals surface area contributed by atoms with Gasteiger partial charge < -0.3 is 15.7 Å². The predicted octanol–water partition coefficient (Wildman–Crippen LogP) is -0.613. The van der Waals surface area contributed by atoms with Gasteiger partial charge in [-0.3, -0.25) is 9.59 Å². The van der Waals surface area contributed by atoms with Gasteiger partial charge in [-0.2, -0.15) is 5.10 Å². The zero-order valence-electron chi connectivity index (χ0n) is 16.3. The molecule has 2 amide bonds. The van der Waals surface area contributed by atoms with E-state index in [1.807, 2.05) is 0 Å². The van der Waals surface area contributed by atoms with E-state index in [4.69, 9.17) is 5.73 Å². The maximum Gasteiger partial charge on any atom is 0.269 e. The highest BCUT2D eigenvalue weighted by atomic mass is 32.2. The molecule has 0 aliphatic carbocycles. The van der Waals surface area contributed by atoms with Crippen LogP contribution >= 0.6 is 0 Å². The predicted molar refractivity (Wildman–Crippen MR) is 107 cm³/mol. The Kier molecular flexibility index (Phi) is 4.67. The number of aromatic nitrogens is 2. The smallest absolute Gasteiger partial charge is 0.269 e. The number of carbonyl (C=O) groups is 2. The molecule has 1 unspecified atom stereocenters. The van der Waals surface area contributed by atoms with E-state index < -0.39 is 27.3 Å². The van der Waals surface area contributed by atoms with Crippen molar-refractivity contribution in [1.82, 2.24) is 14.7 Å². The lowest BCUT2D eigenvalue weighted by Gasteiger charge is -2.15. The van der Waals surface area contributed by atoms with Crippen LogP contribution in [-0.2, 0) is 26.8 Å². The SMILES string of the molecule is CN1CCC(O)(C#Cc2cccc(-n3nc(C(N)=O)c4c3CS(=O)(=O)CC4)c2)C1=O. The van der Waals surface area contributed by atoms with Gasteiger partial charge in [-0.25, -0.2) is 13.1 Å². The van der Waals surface area contributed by atoms with Gasteiger partial charge in [0.2, 0.25) is 5.60 Å². The van der Waals surface area contributed by atoms with Gasteiger partial charge in [0.05, 0.1) is 22.9 Å². The number of carbonyl (C=O) groups excluding carboxylic acids is 2. The summed E-state index contributed by atoms with van der Waals surface area (Å²) < 4.78 is 25.7. The van der Waals surface area contributed by atoms with E-state index >= 15 is 0 Å². The number of aliphatic hydroxyl groups is 1. The summed E-state index contributed by atoms with van der Waals surface area (Å²) >= 11 is 0. The minimum Gasteiger partial charge on any atom is -0.369 e. The summed E-state index contributed by atoms with van der Waals surface area (Å²) in [5.74, 6) is 4.01. The molecule has 0 spiro atoms. The first-order valence-electron chi connectivity index (χ1n) is 9.32. The Morgan fingerprint density at radius 3 is 2.80 bits per heavy atom. The molecule has 1 fully saturated rings. The molecular weight excluding hydrogens is 408 g/mol. The Balaban J connectivity index is 1.75. The number of nitrogens with zero attached hydrogens (tertiary/aromatic N) is 3. The fourth-order valence-corrected chi connectivity index (χ4v) is 5.08. The quantitative estimate of drug-likeness (QED) is 0.613. The van der Waals surface area contributed by atoms with Gasteiger partial charge in [0.15, 0.2) is 15.5 Å². The zero-order chi connectivity index (χ0) is 21.7. The van der Waals surface area contributed by atoms with Crippen molar-refractivity contribution in [3.8, 4) is 17.5 Å². The molecule has 1 aromatic heterocycles. The van der Waals surface area contributed by atoms with Crippen molar-refractivity contribution in [3.63, 3.8) is 0 Å². The number of sulfone groups is 1. The standard InChI is InChI=1S/C20H20N4O5S/c1-23-9-8-20(27,19(23)26)7-5-13-3-2-4-14(11-13)24-16-12-30(28,29)10-6-15(16)17(22-24)18(21)25/h2-4,11,27H,6,8-10,12H2,1H3,(H2,21,25). The topological polar surface area (TPSA) is 136 Å². The van der Waals surface area contributed by atoms with E-state index in [-0.39, 0.29) is 30.0 Å². The first kappa shape index (κ1) is 20.1. The Hall–Kier alpha value is -3.16. The van der Waals surface area contributed by atoms with E-state index in [1.165, 1.54) is 9.58 Å². The maximum atomic E-state index is 12.1. The lowest BCUT2D eigenvalue weighted by atomic mass is 10.0. The molecule has 3 N–H and O–H groups in total. The second kappa shape index (κ2) is 6.97. The average Bonchev–Trinajstić information content (AvgIpc) is 3.19. The first-order valence-corrected chi connectivity index (χ1v) is 11.1. The minimum atomic E-state index is -3.31. The molecule has 4 rings (SSSR count). The molecule has 10 heteroatoms. The van der Waals surface area contributed by atoms with Crippen LogP contribution in [0.15, 0.2) is 24.3 Å². The molecule has 2 aliphatic rings. The van der Waals surface area contributed by atoms with Crippen LogP contribution < -0.4 is 5.73 Å². The Morgan fingerprint density at radius 1 is 1.37 bits per heavy atom. The number of hydrogen-bond acceptors (Lipinski definition) is 6. The summed E-state index contributed by atoms with van der Waals surface area (Å²) in [6.07, 6.45) is 0.402. The van der Waals surface area contributed by atoms with Crippen LogP contribution in [0.5, 0.6) is 0 Å². The highest BCUT2D eigenvalue weighted by Crippen LogP contribution is 2.27. The van der Waals surface area contributed by atoms with Crippen LogP contribution in [0.2, 0.25) is 0 Å². The molecule has 9 nitrogen and oxygen atoms in total. The van der Waals surface area contributed by atoms with E-state index in [1.54, 1.807) is 31.3 Å². The summed E-state index contributed by atoms with van der Waals surface area (Å²) in [4.78, 5) is 25.3. The largest absolute Gasteiger partial charge is 0.369 e. The van der Waals surface area contributed by atoms with Crippen molar-refractivity contribution in [1.29, 1.82) is 0 Å². The maximum absolute atomic E-state index is 12.1.